The van der Waals surface area contributed by atoms with Crippen molar-refractivity contribution < 1.29 is 32.9 Å². The summed E-state index contributed by atoms with van der Waals surface area (Å²) in [5.41, 5.74) is 0. The number of hydrogen-bond acceptors (Lipinski definition) is 5. The molecule has 0 spiro atoms. The van der Waals surface area contributed by atoms with Gasteiger partial charge in [0.05, 0.1) is 39.9 Å². The molecular weight excluding hydrogens is 792 g/mol. The van der Waals surface area contributed by atoms with Crippen molar-refractivity contribution in [2.45, 2.75) is 193 Å². The van der Waals surface area contributed by atoms with Gasteiger partial charge in [-0.05, 0) is 70.6 Å². The molecule has 3 unspecified atom stereocenters. The average Bonchev–Trinajstić information content (AvgIpc) is 3.23. The molecule has 0 fully saturated rings. The van der Waals surface area contributed by atoms with Crippen LogP contribution in [0.3, 0.4) is 0 Å². The summed E-state index contributed by atoms with van der Waals surface area (Å²) in [5.74, 6) is -0.321. The van der Waals surface area contributed by atoms with Crippen LogP contribution in [0.1, 0.15) is 181 Å². The van der Waals surface area contributed by atoms with E-state index in [1.165, 1.54) is 103 Å². The molecule has 8 nitrogen and oxygen atoms in total. The lowest BCUT2D eigenvalue weighted by Crippen LogP contribution is -2.45. The summed E-state index contributed by atoms with van der Waals surface area (Å²) in [4.78, 5) is 23.1. The summed E-state index contributed by atoms with van der Waals surface area (Å²) in [6, 6.07) is -0.930. The lowest BCUT2D eigenvalue weighted by molar-refractivity contribution is -0.870. The van der Waals surface area contributed by atoms with Gasteiger partial charge in [-0.1, -0.05) is 201 Å². The van der Waals surface area contributed by atoms with Crippen molar-refractivity contribution in [1.82, 2.24) is 5.32 Å². The van der Waals surface area contributed by atoms with E-state index in [9.17, 15) is 19.4 Å². The number of phosphoric acid groups is 1. The number of carbonyl (C=O) groups excluding carboxylic acids is 1. The Hall–Kier alpha value is -2.58. The van der Waals surface area contributed by atoms with Gasteiger partial charge in [-0.15, -0.1) is 0 Å². The van der Waals surface area contributed by atoms with Gasteiger partial charge in [-0.2, -0.15) is 0 Å². The van der Waals surface area contributed by atoms with Crippen LogP contribution in [-0.4, -0.2) is 73.4 Å². The summed E-state index contributed by atoms with van der Waals surface area (Å²) in [6.07, 6.45) is 62.5. The Morgan fingerprint density at radius 1 is 0.565 bits per heavy atom. The Bertz CT molecular complexity index is 1330. The van der Waals surface area contributed by atoms with Gasteiger partial charge in [0, 0.05) is 6.42 Å². The minimum Gasteiger partial charge on any atom is -0.387 e. The fourth-order valence-corrected chi connectivity index (χ4v) is 7.17. The van der Waals surface area contributed by atoms with Gasteiger partial charge in [-0.25, -0.2) is 4.57 Å². The fourth-order valence-electron chi connectivity index (χ4n) is 6.43. The zero-order valence-electron chi connectivity index (χ0n) is 40.3. The molecular formula is C53H94N2O6P+. The number of likely N-dealkylation sites (N-methyl/N-ethyl adjacent to an activating group) is 1. The van der Waals surface area contributed by atoms with Crippen LogP contribution in [-0.2, 0) is 18.4 Å². The Morgan fingerprint density at radius 2 is 0.984 bits per heavy atom. The van der Waals surface area contributed by atoms with Crippen molar-refractivity contribution in [1.29, 1.82) is 0 Å². The van der Waals surface area contributed by atoms with Crippen molar-refractivity contribution in [3.05, 3.63) is 97.2 Å². The van der Waals surface area contributed by atoms with E-state index in [1.54, 1.807) is 12.2 Å². The van der Waals surface area contributed by atoms with E-state index in [0.717, 1.165) is 51.4 Å². The maximum Gasteiger partial charge on any atom is 0.472 e. The molecule has 0 aliphatic rings. The molecule has 3 atom stereocenters. The number of quaternary nitrogens is 1. The van der Waals surface area contributed by atoms with E-state index >= 15 is 0 Å². The largest absolute Gasteiger partial charge is 0.472 e. The van der Waals surface area contributed by atoms with Crippen LogP contribution in [0.5, 0.6) is 0 Å². The van der Waals surface area contributed by atoms with Crippen LogP contribution in [0.25, 0.3) is 0 Å². The second-order valence-corrected chi connectivity index (χ2v) is 18.9. The molecule has 0 aromatic heterocycles. The Balaban J connectivity index is 4.49. The molecule has 62 heavy (non-hydrogen) atoms. The van der Waals surface area contributed by atoms with Crippen LogP contribution in [0, 0.1) is 0 Å². The maximum absolute atomic E-state index is 12.8. The fraction of sp³-hybridized carbons (Fsp3) is 0.679. The quantitative estimate of drug-likeness (QED) is 0.0244. The van der Waals surface area contributed by atoms with Crippen molar-refractivity contribution in [3.8, 4) is 0 Å². The number of carbonyl (C=O) groups is 1. The van der Waals surface area contributed by atoms with Crippen LogP contribution in [0.2, 0.25) is 0 Å². The van der Waals surface area contributed by atoms with Crippen LogP contribution >= 0.6 is 7.82 Å². The third-order valence-corrected chi connectivity index (χ3v) is 11.3. The Kier molecular flexibility index (Phi) is 41.8. The summed E-state index contributed by atoms with van der Waals surface area (Å²) >= 11 is 0. The van der Waals surface area contributed by atoms with Crippen LogP contribution in [0.15, 0.2) is 97.2 Å². The molecule has 0 radical (unpaired) electrons. The first-order chi connectivity index (χ1) is 30.0. The highest BCUT2D eigenvalue weighted by Crippen LogP contribution is 2.43. The Morgan fingerprint density at radius 3 is 1.45 bits per heavy atom. The second-order valence-electron chi connectivity index (χ2n) is 17.5. The highest BCUT2D eigenvalue weighted by atomic mass is 31.2. The van der Waals surface area contributed by atoms with Gasteiger partial charge in [-0.3, -0.25) is 13.8 Å². The van der Waals surface area contributed by atoms with Gasteiger partial charge in [0.2, 0.25) is 5.91 Å². The predicted octanol–water partition coefficient (Wildman–Crippen LogP) is 14.3. The Labute approximate surface area is 381 Å². The summed E-state index contributed by atoms with van der Waals surface area (Å²) in [7, 11) is 1.47. The zero-order chi connectivity index (χ0) is 45.7. The van der Waals surface area contributed by atoms with E-state index in [2.05, 4.69) is 92.1 Å². The van der Waals surface area contributed by atoms with Gasteiger partial charge in [0.1, 0.15) is 13.2 Å². The summed E-state index contributed by atoms with van der Waals surface area (Å²) in [6.45, 7) is 4.58. The average molecular weight is 886 g/mol. The first-order valence-electron chi connectivity index (χ1n) is 24.6. The van der Waals surface area contributed by atoms with Gasteiger partial charge in [0.25, 0.3) is 0 Å². The molecule has 9 heteroatoms. The molecule has 0 heterocycles. The number of nitrogens with zero attached hydrogens (tertiary/aromatic N) is 1. The molecule has 1 amide bonds. The van der Waals surface area contributed by atoms with Crippen LogP contribution < -0.4 is 5.32 Å². The number of aliphatic hydroxyl groups excluding tert-OH is 1. The standard InChI is InChI=1S/C53H93N2O6P/c1-6-8-10-12-14-16-18-20-22-23-24-25-26-27-28-29-30-31-33-34-36-38-40-42-44-46-52(56)51(50-61-62(58,59)60-49-48-55(3,4)5)54-53(57)47-45-43-41-39-37-35-32-21-19-17-15-13-11-9-7-2/h9,11,15,17,21,30-32,36-39,43-46,51-52,56H,6-8,10,12-14,16,18-20,22-29,33-35,40-42,47-50H2,1-5H3,(H-,54,57,58,59)/p+1/b11-9-,17-15-,31-30+,32-21-,38-36+,39-37-,45-43-,46-44+. The number of hydrogen-bond donors (Lipinski definition) is 3. The predicted molar refractivity (Wildman–Crippen MR) is 267 cm³/mol. The zero-order valence-corrected chi connectivity index (χ0v) is 41.2. The van der Waals surface area contributed by atoms with Crippen molar-refractivity contribution in [2.75, 3.05) is 40.9 Å². The molecule has 3 N–H and O–H groups in total. The van der Waals surface area contributed by atoms with Crippen molar-refractivity contribution in [2.24, 2.45) is 0 Å². The molecule has 0 bridgehead atoms. The van der Waals surface area contributed by atoms with E-state index in [4.69, 9.17) is 9.05 Å². The van der Waals surface area contributed by atoms with Gasteiger partial charge in [0.15, 0.2) is 0 Å². The van der Waals surface area contributed by atoms with Crippen LogP contribution in [0.4, 0.5) is 0 Å². The van der Waals surface area contributed by atoms with E-state index in [1.807, 2.05) is 33.3 Å². The second kappa shape index (κ2) is 43.7. The molecule has 0 saturated heterocycles. The third-order valence-electron chi connectivity index (χ3n) is 10.3. The number of rotatable bonds is 43. The monoisotopic (exact) mass is 886 g/mol. The minimum atomic E-state index is -4.38. The number of nitrogens with one attached hydrogen (secondary N) is 1. The molecule has 0 rings (SSSR count). The van der Waals surface area contributed by atoms with E-state index in [0.29, 0.717) is 17.4 Å². The molecule has 0 aliphatic carbocycles. The SMILES string of the molecule is CC/C=C\C/C=C\C/C=C\C/C=C\C/C=C\CC(=O)NC(COP(=O)(O)OCC[N+](C)(C)C)C(O)/C=C/CC/C=C/CC/C=C/CCCCCCCCCCCCCCCCC. The summed E-state index contributed by atoms with van der Waals surface area (Å²) < 4.78 is 23.5. The smallest absolute Gasteiger partial charge is 0.387 e. The first kappa shape index (κ1) is 59.4. The van der Waals surface area contributed by atoms with Gasteiger partial charge < -0.3 is 19.8 Å². The third kappa shape index (κ3) is 45.4. The number of aliphatic hydroxyl groups is 1. The molecule has 0 saturated carbocycles. The maximum atomic E-state index is 12.8. The number of allylic oxidation sites excluding steroid dienone is 14. The first-order valence-corrected chi connectivity index (χ1v) is 26.1. The molecule has 0 aromatic carbocycles. The number of unbranched alkanes of at least 4 members (excludes halogenated alkanes) is 17. The number of amides is 1. The topological polar surface area (TPSA) is 105 Å². The molecule has 0 aliphatic heterocycles. The molecule has 356 valence electrons. The number of phosphoric ester groups is 1. The minimum absolute atomic E-state index is 0.0319. The summed E-state index contributed by atoms with van der Waals surface area (Å²) in [5, 5.41) is 13.7. The van der Waals surface area contributed by atoms with Gasteiger partial charge >= 0.3 is 7.82 Å². The van der Waals surface area contributed by atoms with Crippen molar-refractivity contribution in [3.63, 3.8) is 0 Å². The molecule has 0 aromatic rings. The van der Waals surface area contributed by atoms with E-state index < -0.39 is 20.0 Å². The van der Waals surface area contributed by atoms with Crippen molar-refractivity contribution >= 4 is 13.7 Å². The lowest BCUT2D eigenvalue weighted by Gasteiger charge is -2.25. The lowest BCUT2D eigenvalue weighted by atomic mass is 10.0. The normalized spacial score (nSPS) is 15.0. The van der Waals surface area contributed by atoms with E-state index in [-0.39, 0.29) is 25.5 Å². The highest BCUT2D eigenvalue weighted by Gasteiger charge is 2.27. The highest BCUT2D eigenvalue weighted by molar-refractivity contribution is 7.47.